The first-order chi connectivity index (χ1) is 6.85. The van der Waals surface area contributed by atoms with Gasteiger partial charge in [0.25, 0.3) is 0 Å². The Bertz CT molecular complexity index is 359. The number of aliphatic carboxylic acids is 1. The number of nitrogens with two attached hydrogens (primary N) is 1. The van der Waals surface area contributed by atoms with Gasteiger partial charge in [-0.05, 0) is 19.4 Å². The van der Waals surface area contributed by atoms with Crippen LogP contribution in [0, 0.1) is 6.92 Å². The van der Waals surface area contributed by atoms with Crippen LogP contribution in [-0.2, 0) is 4.79 Å². The summed E-state index contributed by atoms with van der Waals surface area (Å²) < 4.78 is 13.8. The smallest absolute Gasteiger partial charge is 0.326 e. The van der Waals surface area contributed by atoms with Crippen LogP contribution in [0.1, 0.15) is 24.2 Å². The van der Waals surface area contributed by atoms with Gasteiger partial charge in [0.15, 0.2) is 6.17 Å². The summed E-state index contributed by atoms with van der Waals surface area (Å²) in [4.78, 5) is 10.7. The largest absolute Gasteiger partial charge is 0.480 e. The number of carbonyl (C=O) groups is 1. The number of aryl methyl sites for hydroxylation is 1. The molecule has 0 saturated heterocycles. The van der Waals surface area contributed by atoms with E-state index >= 15 is 0 Å². The minimum absolute atomic E-state index is 0.285. The number of benzene rings is 1. The molecule has 0 amide bonds. The lowest BCUT2D eigenvalue weighted by Crippen LogP contribution is -2.48. The van der Waals surface area contributed by atoms with Gasteiger partial charge in [0.1, 0.15) is 5.54 Å². The lowest BCUT2D eigenvalue weighted by molar-refractivity contribution is -0.145. The molecule has 3 N–H and O–H groups in total. The zero-order valence-electron chi connectivity index (χ0n) is 8.70. The highest BCUT2D eigenvalue weighted by Crippen LogP contribution is 2.28. The predicted molar refractivity (Wildman–Crippen MR) is 55.3 cm³/mol. The van der Waals surface area contributed by atoms with Gasteiger partial charge in [-0.25, -0.2) is 4.39 Å². The summed E-state index contributed by atoms with van der Waals surface area (Å²) in [5, 5.41) is 8.76. The molecule has 2 unspecified atom stereocenters. The monoisotopic (exact) mass is 211 g/mol. The van der Waals surface area contributed by atoms with Crippen molar-refractivity contribution in [2.24, 2.45) is 5.73 Å². The maximum atomic E-state index is 13.8. The van der Waals surface area contributed by atoms with E-state index in [1.54, 1.807) is 24.3 Å². The van der Waals surface area contributed by atoms with Crippen LogP contribution >= 0.6 is 0 Å². The van der Waals surface area contributed by atoms with Gasteiger partial charge >= 0.3 is 5.97 Å². The van der Waals surface area contributed by atoms with Crippen molar-refractivity contribution in [2.75, 3.05) is 0 Å². The minimum Gasteiger partial charge on any atom is -0.480 e. The van der Waals surface area contributed by atoms with Crippen LogP contribution in [0.5, 0.6) is 0 Å². The van der Waals surface area contributed by atoms with Gasteiger partial charge in [-0.2, -0.15) is 0 Å². The Balaban J connectivity index is 2.99. The van der Waals surface area contributed by atoms with Crippen molar-refractivity contribution >= 4 is 5.97 Å². The second kappa shape index (κ2) is 3.98. The van der Waals surface area contributed by atoms with Crippen LogP contribution in [-0.4, -0.2) is 16.6 Å². The van der Waals surface area contributed by atoms with E-state index in [9.17, 15) is 9.18 Å². The Kier molecular flexibility index (Phi) is 3.09. The molecule has 0 fully saturated rings. The van der Waals surface area contributed by atoms with E-state index in [0.29, 0.717) is 0 Å². The second-order valence-corrected chi connectivity index (χ2v) is 3.86. The average Bonchev–Trinajstić information content (AvgIpc) is 2.17. The van der Waals surface area contributed by atoms with Crippen molar-refractivity contribution in [1.29, 1.82) is 0 Å². The summed E-state index contributed by atoms with van der Waals surface area (Å²) in [7, 11) is 0. The summed E-state index contributed by atoms with van der Waals surface area (Å²) in [6.45, 7) is 3.04. The molecule has 2 atom stereocenters. The topological polar surface area (TPSA) is 63.3 Å². The van der Waals surface area contributed by atoms with Crippen LogP contribution in [0.25, 0.3) is 0 Å². The van der Waals surface area contributed by atoms with Gasteiger partial charge < -0.3 is 10.8 Å². The number of carboxylic acid groups (broad SMARTS) is 1. The van der Waals surface area contributed by atoms with Crippen molar-refractivity contribution in [1.82, 2.24) is 0 Å². The molecule has 3 nitrogen and oxygen atoms in total. The first kappa shape index (κ1) is 11.7. The maximum absolute atomic E-state index is 13.8. The summed E-state index contributed by atoms with van der Waals surface area (Å²) in [6.07, 6.45) is -1.71. The van der Waals surface area contributed by atoms with Crippen LogP contribution in [0.2, 0.25) is 0 Å². The summed E-state index contributed by atoms with van der Waals surface area (Å²) >= 11 is 0. The van der Waals surface area contributed by atoms with Gasteiger partial charge in [-0.1, -0.05) is 29.8 Å². The second-order valence-electron chi connectivity index (χ2n) is 3.86. The van der Waals surface area contributed by atoms with Gasteiger partial charge in [0, 0.05) is 0 Å². The first-order valence-electron chi connectivity index (χ1n) is 4.58. The molecule has 0 aliphatic heterocycles. The first-order valence-corrected chi connectivity index (χ1v) is 4.58. The van der Waals surface area contributed by atoms with E-state index in [1.807, 2.05) is 6.92 Å². The molecule has 0 aliphatic rings. The number of hydrogen-bond acceptors (Lipinski definition) is 2. The fraction of sp³-hybridized carbons (Fsp3) is 0.364. The number of carboxylic acids is 1. The van der Waals surface area contributed by atoms with Crippen LogP contribution in [0.3, 0.4) is 0 Å². The fourth-order valence-electron chi connectivity index (χ4n) is 1.19. The van der Waals surface area contributed by atoms with Crippen molar-refractivity contribution in [3.05, 3.63) is 35.4 Å². The van der Waals surface area contributed by atoms with Crippen LogP contribution in [0.4, 0.5) is 4.39 Å². The Hall–Kier alpha value is -1.42. The Morgan fingerprint density at radius 2 is 1.93 bits per heavy atom. The molecule has 0 heterocycles. The third-order valence-electron chi connectivity index (χ3n) is 2.36. The number of hydrogen-bond donors (Lipinski definition) is 2. The fourth-order valence-corrected chi connectivity index (χ4v) is 1.19. The highest BCUT2D eigenvalue weighted by atomic mass is 19.1. The van der Waals surface area contributed by atoms with Crippen LogP contribution < -0.4 is 5.73 Å². The van der Waals surface area contributed by atoms with Crippen molar-refractivity contribution in [3.8, 4) is 0 Å². The third kappa shape index (κ3) is 2.33. The Labute approximate surface area is 87.7 Å². The predicted octanol–water partition coefficient (Wildman–Crippen LogP) is 1.81. The third-order valence-corrected chi connectivity index (χ3v) is 2.36. The maximum Gasteiger partial charge on any atom is 0.326 e. The zero-order valence-corrected chi connectivity index (χ0v) is 8.70. The quantitative estimate of drug-likeness (QED) is 0.801. The zero-order chi connectivity index (χ0) is 11.6. The molecular weight excluding hydrogens is 197 g/mol. The van der Waals surface area contributed by atoms with E-state index in [-0.39, 0.29) is 5.56 Å². The molecule has 0 bridgehead atoms. The van der Waals surface area contributed by atoms with Gasteiger partial charge in [0.05, 0.1) is 0 Å². The SMILES string of the molecule is Cc1ccc(C(F)C(C)(N)C(=O)O)cc1. The molecule has 0 aromatic heterocycles. The minimum atomic E-state index is -1.89. The lowest BCUT2D eigenvalue weighted by atomic mass is 9.91. The Morgan fingerprint density at radius 1 is 1.47 bits per heavy atom. The molecule has 4 heteroatoms. The van der Waals surface area contributed by atoms with E-state index in [2.05, 4.69) is 0 Å². The number of halogens is 1. The molecule has 0 saturated carbocycles. The summed E-state index contributed by atoms with van der Waals surface area (Å²) in [6, 6.07) is 6.54. The molecule has 1 aromatic carbocycles. The van der Waals surface area contributed by atoms with E-state index in [4.69, 9.17) is 10.8 Å². The highest BCUT2D eigenvalue weighted by molar-refractivity contribution is 5.79. The van der Waals surface area contributed by atoms with Crippen molar-refractivity contribution in [3.63, 3.8) is 0 Å². The number of rotatable bonds is 3. The Morgan fingerprint density at radius 3 is 2.33 bits per heavy atom. The van der Waals surface area contributed by atoms with Crippen molar-refractivity contribution < 1.29 is 14.3 Å². The van der Waals surface area contributed by atoms with E-state index in [0.717, 1.165) is 5.56 Å². The molecule has 1 aromatic rings. The molecule has 15 heavy (non-hydrogen) atoms. The standard InChI is InChI=1S/C11H14FNO2/c1-7-3-5-8(6-4-7)9(12)11(2,13)10(14)15/h3-6,9H,13H2,1-2H3,(H,14,15). The van der Waals surface area contributed by atoms with Crippen molar-refractivity contribution in [2.45, 2.75) is 25.6 Å². The van der Waals surface area contributed by atoms with Crippen LogP contribution in [0.15, 0.2) is 24.3 Å². The highest BCUT2D eigenvalue weighted by Gasteiger charge is 2.39. The molecule has 0 radical (unpaired) electrons. The summed E-state index contributed by atoms with van der Waals surface area (Å²) in [5.41, 5.74) is 4.78. The average molecular weight is 211 g/mol. The van der Waals surface area contributed by atoms with E-state index in [1.165, 1.54) is 6.92 Å². The summed E-state index contributed by atoms with van der Waals surface area (Å²) in [5.74, 6) is -1.35. The van der Waals surface area contributed by atoms with Gasteiger partial charge in [-0.3, -0.25) is 4.79 Å². The molecule has 82 valence electrons. The van der Waals surface area contributed by atoms with Gasteiger partial charge in [0.2, 0.25) is 0 Å². The normalized spacial score (nSPS) is 16.8. The molecule has 0 aliphatic carbocycles. The van der Waals surface area contributed by atoms with E-state index < -0.39 is 17.7 Å². The lowest BCUT2D eigenvalue weighted by Gasteiger charge is -2.24. The molecule has 1 rings (SSSR count). The number of alkyl halides is 1. The molecule has 0 spiro atoms. The van der Waals surface area contributed by atoms with Gasteiger partial charge in [-0.15, -0.1) is 0 Å². The molecular formula is C11H14FNO2.